The molecule has 1 aromatic carbocycles. The largest absolute Gasteiger partial charge is 0.380 e. The highest BCUT2D eigenvalue weighted by molar-refractivity contribution is 6.05. The standard InChI is InChI=1S/C18H23N3O2/c1-20-12-15(23-3)10-14(20)11-21(2)18(22)17-16-7-5-4-6-13(16)8-9-19-17/h4-9,14-15H,10-12H2,1-3H3/t14-,15-/m0/s1. The predicted molar refractivity (Wildman–Crippen MR) is 90.5 cm³/mol. The van der Waals surface area contributed by atoms with E-state index >= 15 is 0 Å². The number of pyridine rings is 1. The number of fused-ring (bicyclic) bond motifs is 1. The SMILES string of the molecule is CO[C@H]1C[C@@H](CN(C)C(=O)c2nccc3ccccc23)N(C)C1. The van der Waals surface area contributed by atoms with Gasteiger partial charge in [0.1, 0.15) is 5.69 Å². The molecule has 0 saturated carbocycles. The third-order valence-corrected chi connectivity index (χ3v) is 4.69. The van der Waals surface area contributed by atoms with E-state index in [0.717, 1.165) is 23.7 Å². The van der Waals surface area contributed by atoms with Crippen LogP contribution in [0.1, 0.15) is 16.9 Å². The molecule has 1 fully saturated rings. The number of likely N-dealkylation sites (N-methyl/N-ethyl adjacent to an activating group) is 2. The minimum Gasteiger partial charge on any atom is -0.380 e. The second-order valence-corrected chi connectivity index (χ2v) is 6.25. The highest BCUT2D eigenvalue weighted by Crippen LogP contribution is 2.21. The van der Waals surface area contributed by atoms with Crippen LogP contribution in [-0.2, 0) is 4.74 Å². The molecule has 1 aromatic heterocycles. The van der Waals surface area contributed by atoms with E-state index in [1.54, 1.807) is 18.2 Å². The van der Waals surface area contributed by atoms with Crippen molar-refractivity contribution in [2.75, 3.05) is 34.3 Å². The number of rotatable bonds is 4. The summed E-state index contributed by atoms with van der Waals surface area (Å²) in [5.41, 5.74) is 0.523. The maximum Gasteiger partial charge on any atom is 0.272 e. The number of nitrogens with zero attached hydrogens (tertiary/aromatic N) is 3. The lowest BCUT2D eigenvalue weighted by Crippen LogP contribution is -2.39. The normalized spacial score (nSPS) is 21.7. The first-order chi connectivity index (χ1) is 11.1. The number of likely N-dealkylation sites (tertiary alicyclic amines) is 1. The van der Waals surface area contributed by atoms with Gasteiger partial charge >= 0.3 is 0 Å². The molecule has 0 unspecified atom stereocenters. The molecule has 5 nitrogen and oxygen atoms in total. The fourth-order valence-corrected chi connectivity index (χ4v) is 3.28. The zero-order chi connectivity index (χ0) is 16.4. The summed E-state index contributed by atoms with van der Waals surface area (Å²) in [4.78, 5) is 21.2. The lowest BCUT2D eigenvalue weighted by Gasteiger charge is -2.25. The van der Waals surface area contributed by atoms with Crippen LogP contribution in [0.5, 0.6) is 0 Å². The molecule has 1 aliphatic rings. The third kappa shape index (κ3) is 3.21. The van der Waals surface area contributed by atoms with Crippen molar-refractivity contribution >= 4 is 16.7 Å². The number of methoxy groups -OCH3 is 1. The number of carbonyl (C=O) groups excluding carboxylic acids is 1. The van der Waals surface area contributed by atoms with E-state index in [4.69, 9.17) is 4.74 Å². The van der Waals surface area contributed by atoms with Crippen molar-refractivity contribution < 1.29 is 9.53 Å². The molecule has 122 valence electrons. The van der Waals surface area contributed by atoms with Gasteiger partial charge in [0, 0.05) is 44.9 Å². The van der Waals surface area contributed by atoms with Crippen LogP contribution in [0.4, 0.5) is 0 Å². The number of amides is 1. The first-order valence-corrected chi connectivity index (χ1v) is 7.92. The van der Waals surface area contributed by atoms with Crippen molar-refractivity contribution in [3.63, 3.8) is 0 Å². The average molecular weight is 313 g/mol. The van der Waals surface area contributed by atoms with Crippen molar-refractivity contribution in [1.29, 1.82) is 0 Å². The van der Waals surface area contributed by atoms with Crippen molar-refractivity contribution in [1.82, 2.24) is 14.8 Å². The Kier molecular flexibility index (Phi) is 4.59. The maximum absolute atomic E-state index is 12.8. The van der Waals surface area contributed by atoms with E-state index in [2.05, 4.69) is 16.9 Å². The topological polar surface area (TPSA) is 45.7 Å². The molecule has 2 heterocycles. The fraction of sp³-hybridized carbons (Fsp3) is 0.444. The molecular weight excluding hydrogens is 290 g/mol. The first kappa shape index (κ1) is 15.9. The molecule has 2 atom stereocenters. The molecule has 0 radical (unpaired) electrons. The summed E-state index contributed by atoms with van der Waals surface area (Å²) >= 11 is 0. The molecule has 1 saturated heterocycles. The summed E-state index contributed by atoms with van der Waals surface area (Å²) in [6.45, 7) is 1.59. The highest BCUT2D eigenvalue weighted by Gasteiger charge is 2.31. The minimum absolute atomic E-state index is 0.0314. The van der Waals surface area contributed by atoms with Crippen LogP contribution in [-0.4, -0.2) is 67.1 Å². The van der Waals surface area contributed by atoms with Gasteiger partial charge in [-0.3, -0.25) is 14.7 Å². The Labute approximate surface area is 136 Å². The maximum atomic E-state index is 12.8. The molecule has 2 aromatic rings. The van der Waals surface area contributed by atoms with E-state index in [0.29, 0.717) is 18.3 Å². The van der Waals surface area contributed by atoms with E-state index < -0.39 is 0 Å². The molecule has 0 N–H and O–H groups in total. The number of aromatic nitrogens is 1. The summed E-state index contributed by atoms with van der Waals surface area (Å²) in [6, 6.07) is 10.1. The van der Waals surface area contributed by atoms with Crippen LogP contribution >= 0.6 is 0 Å². The molecule has 5 heteroatoms. The van der Waals surface area contributed by atoms with Crippen molar-refractivity contribution in [3.8, 4) is 0 Å². The van der Waals surface area contributed by atoms with Crippen molar-refractivity contribution in [3.05, 3.63) is 42.2 Å². The summed E-state index contributed by atoms with van der Waals surface area (Å²) in [7, 11) is 5.67. The Balaban J connectivity index is 1.77. The molecule has 1 aliphatic heterocycles. The van der Waals surface area contributed by atoms with Crippen LogP contribution in [0, 0.1) is 0 Å². The van der Waals surface area contributed by atoms with Gasteiger partial charge in [-0.1, -0.05) is 24.3 Å². The van der Waals surface area contributed by atoms with Crippen LogP contribution < -0.4 is 0 Å². The van der Waals surface area contributed by atoms with Gasteiger partial charge in [-0.25, -0.2) is 0 Å². The fourth-order valence-electron chi connectivity index (χ4n) is 3.28. The first-order valence-electron chi connectivity index (χ1n) is 7.92. The highest BCUT2D eigenvalue weighted by atomic mass is 16.5. The van der Waals surface area contributed by atoms with Gasteiger partial charge in [0.05, 0.1) is 6.10 Å². The lowest BCUT2D eigenvalue weighted by atomic mass is 10.1. The van der Waals surface area contributed by atoms with Gasteiger partial charge in [-0.15, -0.1) is 0 Å². The molecule has 23 heavy (non-hydrogen) atoms. The summed E-state index contributed by atoms with van der Waals surface area (Å²) in [6.07, 6.45) is 2.91. The predicted octanol–water partition coefficient (Wildman–Crippen LogP) is 2.03. The number of hydrogen-bond acceptors (Lipinski definition) is 4. The molecule has 0 spiro atoms. The Morgan fingerprint density at radius 1 is 1.39 bits per heavy atom. The molecule has 3 rings (SSSR count). The van der Waals surface area contributed by atoms with Crippen molar-refractivity contribution in [2.45, 2.75) is 18.6 Å². The van der Waals surface area contributed by atoms with Gasteiger partial charge in [-0.2, -0.15) is 0 Å². The minimum atomic E-state index is -0.0314. The van der Waals surface area contributed by atoms with Crippen LogP contribution in [0.3, 0.4) is 0 Å². The second-order valence-electron chi connectivity index (χ2n) is 6.25. The Morgan fingerprint density at radius 3 is 2.91 bits per heavy atom. The van der Waals surface area contributed by atoms with E-state index in [-0.39, 0.29) is 12.0 Å². The van der Waals surface area contributed by atoms with Gasteiger partial charge in [0.2, 0.25) is 0 Å². The molecule has 0 aliphatic carbocycles. The quantitative estimate of drug-likeness (QED) is 0.866. The van der Waals surface area contributed by atoms with Crippen LogP contribution in [0.25, 0.3) is 10.8 Å². The van der Waals surface area contributed by atoms with E-state index in [1.807, 2.05) is 37.4 Å². The zero-order valence-electron chi connectivity index (χ0n) is 13.9. The third-order valence-electron chi connectivity index (χ3n) is 4.69. The Morgan fingerprint density at radius 2 is 2.17 bits per heavy atom. The molecule has 1 amide bonds. The van der Waals surface area contributed by atoms with Crippen molar-refractivity contribution in [2.24, 2.45) is 0 Å². The number of benzene rings is 1. The molecule has 0 bridgehead atoms. The average Bonchev–Trinajstić information content (AvgIpc) is 2.93. The smallest absolute Gasteiger partial charge is 0.272 e. The summed E-state index contributed by atoms with van der Waals surface area (Å²) in [5, 5.41) is 1.94. The Hall–Kier alpha value is -1.98. The van der Waals surface area contributed by atoms with E-state index in [1.165, 1.54) is 0 Å². The summed E-state index contributed by atoms with van der Waals surface area (Å²) in [5.74, 6) is -0.0314. The zero-order valence-corrected chi connectivity index (χ0v) is 13.9. The van der Waals surface area contributed by atoms with Crippen LogP contribution in [0.2, 0.25) is 0 Å². The van der Waals surface area contributed by atoms with Gasteiger partial charge in [0.15, 0.2) is 0 Å². The van der Waals surface area contributed by atoms with Crippen LogP contribution in [0.15, 0.2) is 36.5 Å². The van der Waals surface area contributed by atoms with E-state index in [9.17, 15) is 4.79 Å². The van der Waals surface area contributed by atoms with Gasteiger partial charge in [-0.05, 0) is 24.9 Å². The van der Waals surface area contributed by atoms with Gasteiger partial charge in [0.25, 0.3) is 5.91 Å². The molecular formula is C18H23N3O2. The Bertz CT molecular complexity index is 698. The number of ether oxygens (including phenoxy) is 1. The lowest BCUT2D eigenvalue weighted by molar-refractivity contribution is 0.0756. The number of hydrogen-bond donors (Lipinski definition) is 0. The summed E-state index contributed by atoms with van der Waals surface area (Å²) < 4.78 is 5.44. The second kappa shape index (κ2) is 6.64. The monoisotopic (exact) mass is 313 g/mol. The van der Waals surface area contributed by atoms with Gasteiger partial charge < -0.3 is 9.64 Å². The number of carbonyl (C=O) groups is 1.